The van der Waals surface area contributed by atoms with Gasteiger partial charge in [-0.1, -0.05) is 50.0 Å². The molecule has 0 saturated heterocycles. The molecule has 0 unspecified atom stereocenters. The number of aliphatic hydroxyl groups excluding tert-OH is 4. The fraction of sp³-hybridized carbons (Fsp3) is 0.776. The number of aryl methyl sites for hydroxylation is 1. The zero-order chi connectivity index (χ0) is 63.9. The third kappa shape index (κ3) is 89.6. The van der Waals surface area contributed by atoms with Crippen molar-refractivity contribution in [3.05, 3.63) is 71.6 Å². The summed E-state index contributed by atoms with van der Waals surface area (Å²) in [7, 11) is -3.72. The van der Waals surface area contributed by atoms with E-state index in [1.54, 1.807) is 12.1 Å². The number of terminal acetylenes is 2. The summed E-state index contributed by atoms with van der Waals surface area (Å²) in [5.41, 5.74) is 32.7. The Balaban J connectivity index is -0.000000305. The predicted octanol–water partition coefficient (Wildman–Crippen LogP) is 2.43. The van der Waals surface area contributed by atoms with Gasteiger partial charge >= 0.3 is 5.97 Å². The largest absolute Gasteiger partial charge is 0.480 e. The van der Waals surface area contributed by atoms with Crippen LogP contribution >= 0.6 is 0 Å². The lowest BCUT2D eigenvalue weighted by Gasteiger charge is -2.07. The number of nitrogens with zero attached hydrogens (tertiary/aromatic N) is 12. The van der Waals surface area contributed by atoms with E-state index in [2.05, 4.69) is 56.7 Å². The van der Waals surface area contributed by atoms with Crippen LogP contribution in [0.4, 0.5) is 0 Å². The van der Waals surface area contributed by atoms with E-state index in [0.717, 1.165) is 5.56 Å². The summed E-state index contributed by atoms with van der Waals surface area (Å²) >= 11 is 0. The van der Waals surface area contributed by atoms with E-state index >= 15 is 0 Å². The smallest absolute Gasteiger partial charge is 0.329 e. The molecule has 0 amide bonds. The molecule has 1 aromatic rings. The summed E-state index contributed by atoms with van der Waals surface area (Å²) in [5.74, 6) is 3.71. The molecule has 488 valence electrons. The van der Waals surface area contributed by atoms with Crippen LogP contribution in [0.1, 0.15) is 5.56 Å². The number of azide groups is 4. The van der Waals surface area contributed by atoms with E-state index in [9.17, 15) is 13.2 Å². The van der Waals surface area contributed by atoms with Crippen LogP contribution in [0, 0.1) is 31.6 Å². The molecule has 1 aromatic carbocycles. The maximum atomic E-state index is 11.8. The van der Waals surface area contributed by atoms with Gasteiger partial charge in [-0.15, -0.1) is 12.8 Å². The maximum absolute atomic E-state index is 11.8. The molecule has 5 N–H and O–H groups in total. The van der Waals surface area contributed by atoms with Crippen molar-refractivity contribution in [2.45, 2.75) is 11.8 Å². The lowest BCUT2D eigenvalue weighted by molar-refractivity contribution is -0.142. The Morgan fingerprint density at radius 2 is 0.671 bits per heavy atom. The zero-order valence-electron chi connectivity index (χ0n) is 48.5. The number of carboxylic acid groups (broad SMARTS) is 1. The van der Waals surface area contributed by atoms with E-state index in [1.165, 1.54) is 12.1 Å². The quantitative estimate of drug-likeness (QED) is 0.0156. The Bertz CT molecular complexity index is 1910. The molecule has 1 rings (SSSR count). The van der Waals surface area contributed by atoms with Crippen LogP contribution in [0.3, 0.4) is 0 Å². The van der Waals surface area contributed by atoms with Crippen molar-refractivity contribution in [3.8, 4) is 24.7 Å². The van der Waals surface area contributed by atoms with Gasteiger partial charge in [0.05, 0.1) is 203 Å². The molecular formula is C49H88N12O23S. The number of hydrogen-bond acceptors (Lipinski definition) is 26. The molecule has 0 aliphatic rings. The number of hydrogen-bond donors (Lipinski definition) is 5. The minimum Gasteiger partial charge on any atom is -0.480 e. The molecule has 35 nitrogen and oxygen atoms in total. The van der Waals surface area contributed by atoms with Crippen molar-refractivity contribution in [1.82, 2.24) is 0 Å². The van der Waals surface area contributed by atoms with Gasteiger partial charge in [-0.2, -0.15) is 8.42 Å². The first-order valence-electron chi connectivity index (χ1n) is 26.1. The Hall–Kier alpha value is -5.76. The van der Waals surface area contributed by atoms with Crippen LogP contribution in [0.2, 0.25) is 0 Å². The third-order valence-electron chi connectivity index (χ3n) is 7.89. The molecule has 0 aliphatic carbocycles. The number of aliphatic hydroxyl groups is 4. The van der Waals surface area contributed by atoms with E-state index in [4.69, 9.17) is 126 Å². The van der Waals surface area contributed by atoms with Crippen LogP contribution in [0.5, 0.6) is 0 Å². The van der Waals surface area contributed by atoms with Gasteiger partial charge in [-0.05, 0) is 41.2 Å². The van der Waals surface area contributed by atoms with Gasteiger partial charge in [0.2, 0.25) is 0 Å². The molecule has 85 heavy (non-hydrogen) atoms. The molecule has 0 bridgehead atoms. The lowest BCUT2D eigenvalue weighted by atomic mass is 10.2. The fourth-order valence-electron chi connectivity index (χ4n) is 4.32. The average molecular weight is 1250 g/mol. The SMILES string of the molecule is C#CCOCCOCCOCCN=[N+]=[N-].C#CCOCCOCCOCCN=[N+]=[N-].Cc1ccc(S(=O)(=O)OCCOCCOCCO)cc1.OCCOCCOCCO.[N-]=[N+]=NCCOCCOCC(=O)O.[N-]=[N+]=NCCOCCOCCO. The van der Waals surface area contributed by atoms with E-state index in [0.29, 0.717) is 178 Å². The van der Waals surface area contributed by atoms with E-state index in [-0.39, 0.29) is 70.9 Å². The molecule has 0 aliphatic heterocycles. The summed E-state index contributed by atoms with van der Waals surface area (Å²) in [6.07, 6.45) is 9.96. The monoisotopic (exact) mass is 1240 g/mol. The lowest BCUT2D eigenvalue weighted by Crippen LogP contribution is -2.14. The zero-order valence-corrected chi connectivity index (χ0v) is 49.3. The highest BCUT2D eigenvalue weighted by Crippen LogP contribution is 2.13. The first kappa shape index (κ1) is 88.0. The second-order valence-electron chi connectivity index (χ2n) is 14.5. The molecule has 36 heteroatoms. The summed E-state index contributed by atoms with van der Waals surface area (Å²) in [5, 5.41) is 54.6. The van der Waals surface area contributed by atoms with Crippen LogP contribution < -0.4 is 0 Å². The Morgan fingerprint density at radius 3 is 0.929 bits per heavy atom. The Kier molecular flexibility index (Phi) is 85.4. The molecule has 0 radical (unpaired) electrons. The van der Waals surface area contributed by atoms with Crippen molar-refractivity contribution in [2.75, 3.05) is 244 Å². The summed E-state index contributed by atoms with van der Waals surface area (Å²) < 4.78 is 98.3. The van der Waals surface area contributed by atoms with Gasteiger partial charge in [0.15, 0.2) is 0 Å². The summed E-state index contributed by atoms with van der Waals surface area (Å²) in [6.45, 7) is 13.6. The highest BCUT2D eigenvalue weighted by Gasteiger charge is 2.14. The number of rotatable bonds is 53. The highest BCUT2D eigenvalue weighted by atomic mass is 32.2. The number of aliphatic carboxylic acids is 1. The maximum Gasteiger partial charge on any atom is 0.329 e. The average Bonchev–Trinajstić information content (AvgIpc) is 3.71. The number of ether oxygens (including phenoxy) is 14. The predicted molar refractivity (Wildman–Crippen MR) is 305 cm³/mol. The van der Waals surface area contributed by atoms with Gasteiger partial charge < -0.3 is 91.8 Å². The first-order valence-corrected chi connectivity index (χ1v) is 27.5. The molecule has 0 saturated carbocycles. The highest BCUT2D eigenvalue weighted by molar-refractivity contribution is 7.86. The molecule has 0 heterocycles. The molecule has 0 aromatic heterocycles. The first-order chi connectivity index (χ1) is 41.5. The second-order valence-corrected chi connectivity index (χ2v) is 16.1. The van der Waals surface area contributed by atoms with Crippen molar-refractivity contribution in [2.24, 2.45) is 20.5 Å². The van der Waals surface area contributed by atoms with Gasteiger partial charge in [-0.3, -0.25) is 4.18 Å². The number of carbonyl (C=O) groups is 1. The number of carboxylic acids is 1. The van der Waals surface area contributed by atoms with Crippen molar-refractivity contribution in [1.29, 1.82) is 0 Å². The fourth-order valence-corrected chi connectivity index (χ4v) is 5.21. The van der Waals surface area contributed by atoms with Crippen molar-refractivity contribution < 1.29 is 109 Å². The number of benzene rings is 1. The van der Waals surface area contributed by atoms with Crippen LogP contribution in [-0.4, -0.2) is 284 Å². The Morgan fingerprint density at radius 1 is 0.424 bits per heavy atom. The molecule has 0 fully saturated rings. The Labute approximate surface area is 496 Å². The van der Waals surface area contributed by atoms with Gasteiger partial charge in [0, 0.05) is 45.8 Å². The summed E-state index contributed by atoms with van der Waals surface area (Å²) in [6, 6.07) is 6.44. The molecule has 0 spiro atoms. The summed E-state index contributed by atoms with van der Waals surface area (Å²) in [4.78, 5) is 20.4. The van der Waals surface area contributed by atoms with Crippen LogP contribution in [0.15, 0.2) is 49.6 Å². The van der Waals surface area contributed by atoms with Gasteiger partial charge in [-0.25, -0.2) is 4.79 Å². The molecule has 0 atom stereocenters. The van der Waals surface area contributed by atoms with Crippen LogP contribution in [0.25, 0.3) is 41.8 Å². The van der Waals surface area contributed by atoms with Gasteiger partial charge in [0.25, 0.3) is 10.1 Å². The standard InChI is InChI=1S/C13H20O6S.2C9H15N3O3.C6H11N3O4.C6H13N3O3.C6H14O4/c1-12-2-4-13(5-3-12)20(15,16)19-11-10-18-9-8-17-7-6-14;2*1-2-4-13-6-8-15-9-7-14-5-3-11-12-10;7-9-8-1-2-12-3-4-13-5-6(10)11;7-9-8-1-3-11-5-6-12-4-2-10;7-1-3-9-5-6-10-4-2-8/h2-5,14H,6-11H2,1H3;2*1H,3-9H2;1-5H2,(H,10,11);10H,1-6H2;7-8H,1-6H2. The van der Waals surface area contributed by atoms with Crippen molar-refractivity contribution in [3.63, 3.8) is 0 Å². The van der Waals surface area contributed by atoms with E-state index in [1.807, 2.05) is 6.92 Å². The third-order valence-corrected chi connectivity index (χ3v) is 9.21. The minimum atomic E-state index is -3.72. The second kappa shape index (κ2) is 82.5. The topological polar surface area (TPSA) is 486 Å². The van der Waals surface area contributed by atoms with Gasteiger partial charge in [0.1, 0.15) is 19.8 Å². The van der Waals surface area contributed by atoms with Crippen LogP contribution in [-0.2, 0) is 85.4 Å². The normalized spacial score (nSPS) is 9.96. The molecular weight excluding hydrogens is 1160 g/mol. The van der Waals surface area contributed by atoms with E-state index < -0.39 is 16.1 Å². The minimum absolute atomic E-state index is 0.0265. The van der Waals surface area contributed by atoms with Crippen molar-refractivity contribution >= 4 is 16.1 Å².